The standard InChI is InChI=1S/C6H7NO2S.C5H9NO/c7-10(8,9)6-4-2-1-3-5-6;7-5-3-1-2-4-6-5/h1-5H,(H2,7,8,9);1-4H2,(H,6,7). The van der Waals surface area contributed by atoms with Crippen molar-refractivity contribution < 1.29 is 13.2 Å². The van der Waals surface area contributed by atoms with E-state index in [2.05, 4.69) is 5.32 Å². The Morgan fingerprint density at radius 3 is 2.06 bits per heavy atom. The average molecular weight is 256 g/mol. The summed E-state index contributed by atoms with van der Waals surface area (Å²) < 4.78 is 21.2. The van der Waals surface area contributed by atoms with Gasteiger partial charge in [0.2, 0.25) is 15.9 Å². The Labute approximate surface area is 101 Å². The molecule has 0 atom stereocenters. The van der Waals surface area contributed by atoms with E-state index in [9.17, 15) is 13.2 Å². The largest absolute Gasteiger partial charge is 0.356 e. The highest BCUT2D eigenvalue weighted by atomic mass is 32.2. The number of sulfonamides is 1. The molecule has 1 aliphatic rings. The van der Waals surface area contributed by atoms with E-state index in [0.29, 0.717) is 0 Å². The molecule has 0 bridgehead atoms. The van der Waals surface area contributed by atoms with Gasteiger partial charge in [0.05, 0.1) is 4.90 Å². The first-order valence-electron chi connectivity index (χ1n) is 5.35. The van der Waals surface area contributed by atoms with E-state index in [0.717, 1.165) is 25.8 Å². The van der Waals surface area contributed by atoms with E-state index in [1.165, 1.54) is 12.1 Å². The summed E-state index contributed by atoms with van der Waals surface area (Å²) in [4.78, 5) is 10.5. The number of hydrogen-bond acceptors (Lipinski definition) is 3. The molecule has 6 heteroatoms. The van der Waals surface area contributed by atoms with E-state index in [-0.39, 0.29) is 10.8 Å². The molecule has 0 unspecified atom stereocenters. The van der Waals surface area contributed by atoms with Crippen LogP contribution < -0.4 is 10.5 Å². The Morgan fingerprint density at radius 1 is 1.12 bits per heavy atom. The number of hydrogen-bond donors (Lipinski definition) is 2. The van der Waals surface area contributed by atoms with Crippen molar-refractivity contribution in [3.63, 3.8) is 0 Å². The number of nitrogens with two attached hydrogens (primary N) is 1. The molecule has 1 fully saturated rings. The summed E-state index contributed by atoms with van der Waals surface area (Å²) >= 11 is 0. The molecule has 0 aromatic heterocycles. The summed E-state index contributed by atoms with van der Waals surface area (Å²) in [5, 5.41) is 7.57. The van der Waals surface area contributed by atoms with Gasteiger partial charge < -0.3 is 5.32 Å². The molecule has 2 rings (SSSR count). The van der Waals surface area contributed by atoms with Crippen LogP contribution in [0.2, 0.25) is 0 Å². The molecule has 0 aliphatic carbocycles. The van der Waals surface area contributed by atoms with E-state index in [1.54, 1.807) is 18.2 Å². The van der Waals surface area contributed by atoms with Crippen LogP contribution in [0.15, 0.2) is 35.2 Å². The van der Waals surface area contributed by atoms with Gasteiger partial charge >= 0.3 is 0 Å². The maximum Gasteiger partial charge on any atom is 0.238 e. The molecular formula is C11H16N2O3S. The van der Waals surface area contributed by atoms with Crippen molar-refractivity contribution in [2.24, 2.45) is 5.14 Å². The third-order valence-electron chi connectivity index (χ3n) is 2.22. The molecular weight excluding hydrogens is 240 g/mol. The Bertz CT molecular complexity index is 449. The first kappa shape index (κ1) is 13.7. The summed E-state index contributed by atoms with van der Waals surface area (Å²) in [6, 6.07) is 7.89. The second-order valence-electron chi connectivity index (χ2n) is 3.67. The molecule has 17 heavy (non-hydrogen) atoms. The number of carbonyl (C=O) groups excluding carboxylic acids is 1. The molecule has 1 heterocycles. The maximum absolute atomic E-state index is 10.6. The Morgan fingerprint density at radius 2 is 1.76 bits per heavy atom. The molecule has 0 spiro atoms. The lowest BCUT2D eigenvalue weighted by molar-refractivity contribution is -0.122. The van der Waals surface area contributed by atoms with Crippen molar-refractivity contribution >= 4 is 15.9 Å². The fourth-order valence-corrected chi connectivity index (χ4v) is 1.87. The van der Waals surface area contributed by atoms with E-state index >= 15 is 0 Å². The predicted molar refractivity (Wildman–Crippen MR) is 64.7 cm³/mol. The van der Waals surface area contributed by atoms with Gasteiger partial charge in [0.1, 0.15) is 0 Å². The fourth-order valence-electron chi connectivity index (χ4n) is 1.34. The minimum absolute atomic E-state index is 0.148. The van der Waals surface area contributed by atoms with Crippen molar-refractivity contribution in [3.8, 4) is 0 Å². The van der Waals surface area contributed by atoms with Gasteiger partial charge in [-0.3, -0.25) is 4.79 Å². The van der Waals surface area contributed by atoms with E-state index in [4.69, 9.17) is 5.14 Å². The highest BCUT2D eigenvalue weighted by Crippen LogP contribution is 2.03. The van der Waals surface area contributed by atoms with Crippen molar-refractivity contribution in [1.29, 1.82) is 0 Å². The Kier molecular flexibility index (Phi) is 5.11. The smallest absolute Gasteiger partial charge is 0.238 e. The van der Waals surface area contributed by atoms with Crippen LogP contribution in [0.1, 0.15) is 19.3 Å². The summed E-state index contributed by atoms with van der Waals surface area (Å²) in [5.74, 6) is 0.214. The van der Waals surface area contributed by atoms with Gasteiger partial charge in [0, 0.05) is 13.0 Å². The van der Waals surface area contributed by atoms with E-state index in [1.807, 2.05) is 0 Å². The summed E-state index contributed by atoms with van der Waals surface area (Å²) in [6.07, 6.45) is 2.97. The number of rotatable bonds is 1. The lowest BCUT2D eigenvalue weighted by Gasteiger charge is -2.08. The zero-order valence-corrected chi connectivity index (χ0v) is 10.2. The number of nitrogens with one attached hydrogen (secondary N) is 1. The second-order valence-corrected chi connectivity index (χ2v) is 5.23. The topological polar surface area (TPSA) is 89.3 Å². The molecule has 0 saturated carbocycles. The van der Waals surface area contributed by atoms with Crippen LogP contribution in [0, 0.1) is 0 Å². The normalized spacial score (nSPS) is 15.5. The van der Waals surface area contributed by atoms with Gasteiger partial charge in [-0.1, -0.05) is 18.2 Å². The van der Waals surface area contributed by atoms with Crippen LogP contribution >= 0.6 is 0 Å². The van der Waals surface area contributed by atoms with Crippen molar-refractivity contribution in [3.05, 3.63) is 30.3 Å². The third kappa shape index (κ3) is 5.46. The first-order valence-corrected chi connectivity index (χ1v) is 6.89. The van der Waals surface area contributed by atoms with Crippen LogP contribution in [-0.2, 0) is 14.8 Å². The average Bonchev–Trinajstić information content (AvgIpc) is 2.31. The molecule has 94 valence electrons. The van der Waals surface area contributed by atoms with Gasteiger partial charge in [-0.05, 0) is 25.0 Å². The summed E-state index contributed by atoms with van der Waals surface area (Å²) in [6.45, 7) is 0.888. The van der Waals surface area contributed by atoms with Crippen LogP contribution in [0.3, 0.4) is 0 Å². The molecule has 5 nitrogen and oxygen atoms in total. The molecule has 3 N–H and O–H groups in total. The van der Waals surface area contributed by atoms with Crippen molar-refractivity contribution in [2.75, 3.05) is 6.54 Å². The molecule has 1 aromatic carbocycles. The quantitative estimate of drug-likeness (QED) is 0.772. The van der Waals surface area contributed by atoms with Crippen LogP contribution in [-0.4, -0.2) is 20.9 Å². The number of primary sulfonamides is 1. The van der Waals surface area contributed by atoms with Crippen LogP contribution in [0.25, 0.3) is 0 Å². The van der Waals surface area contributed by atoms with Gasteiger partial charge in [0.15, 0.2) is 0 Å². The number of piperidine rings is 1. The minimum atomic E-state index is -3.50. The molecule has 1 saturated heterocycles. The Balaban J connectivity index is 0.000000181. The second kappa shape index (κ2) is 6.36. The van der Waals surface area contributed by atoms with Crippen LogP contribution in [0.5, 0.6) is 0 Å². The minimum Gasteiger partial charge on any atom is -0.356 e. The zero-order valence-electron chi connectivity index (χ0n) is 9.43. The molecule has 1 aromatic rings. The lowest BCUT2D eigenvalue weighted by atomic mass is 10.2. The fraction of sp³-hybridized carbons (Fsp3) is 0.364. The lowest BCUT2D eigenvalue weighted by Crippen LogP contribution is -2.28. The SMILES string of the molecule is NS(=O)(=O)c1ccccc1.O=C1CCCCN1. The molecule has 1 amide bonds. The Hall–Kier alpha value is -1.40. The van der Waals surface area contributed by atoms with E-state index < -0.39 is 10.0 Å². The van der Waals surface area contributed by atoms with Crippen LogP contribution in [0.4, 0.5) is 0 Å². The summed E-state index contributed by atoms with van der Waals surface area (Å²) in [5.41, 5.74) is 0. The monoisotopic (exact) mass is 256 g/mol. The van der Waals surface area contributed by atoms with Gasteiger partial charge in [-0.25, -0.2) is 13.6 Å². The molecule has 1 aliphatic heterocycles. The highest BCUT2D eigenvalue weighted by molar-refractivity contribution is 7.89. The summed E-state index contributed by atoms with van der Waals surface area (Å²) in [7, 11) is -3.50. The van der Waals surface area contributed by atoms with Crippen molar-refractivity contribution in [1.82, 2.24) is 5.32 Å². The first-order chi connectivity index (χ1) is 8.00. The number of amides is 1. The third-order valence-corrected chi connectivity index (χ3v) is 3.15. The highest BCUT2D eigenvalue weighted by Gasteiger charge is 2.04. The van der Waals surface area contributed by atoms with Gasteiger partial charge in [0.25, 0.3) is 0 Å². The number of benzene rings is 1. The van der Waals surface area contributed by atoms with Gasteiger partial charge in [-0.15, -0.1) is 0 Å². The maximum atomic E-state index is 10.6. The molecule has 0 radical (unpaired) electrons. The zero-order chi connectivity index (χ0) is 12.7. The number of carbonyl (C=O) groups is 1. The van der Waals surface area contributed by atoms with Crippen molar-refractivity contribution in [2.45, 2.75) is 24.2 Å². The predicted octanol–water partition coefficient (Wildman–Crippen LogP) is 0.621. The van der Waals surface area contributed by atoms with Gasteiger partial charge in [-0.2, -0.15) is 0 Å².